The van der Waals surface area contributed by atoms with Crippen molar-refractivity contribution in [3.63, 3.8) is 0 Å². The molecule has 0 atom stereocenters. The van der Waals surface area contributed by atoms with E-state index in [1.165, 1.54) is 18.2 Å². The molecule has 0 aliphatic rings. The fourth-order valence-corrected chi connectivity index (χ4v) is 3.16. The molecule has 0 fully saturated rings. The first-order chi connectivity index (χ1) is 11.3. The second-order valence-electron chi connectivity index (χ2n) is 4.75. The molecular weight excluding hydrogens is 355 g/mol. The molecule has 0 saturated heterocycles. The highest BCUT2D eigenvalue weighted by Gasteiger charge is 2.20. The first-order valence-electron chi connectivity index (χ1n) is 6.80. The van der Waals surface area contributed by atoms with Gasteiger partial charge in [0, 0.05) is 22.8 Å². The van der Waals surface area contributed by atoms with Crippen molar-refractivity contribution in [2.24, 2.45) is 0 Å². The monoisotopic (exact) mass is 368 g/mol. The van der Waals surface area contributed by atoms with Gasteiger partial charge in [0.05, 0.1) is 0 Å². The summed E-state index contributed by atoms with van der Waals surface area (Å²) in [5.41, 5.74) is 0.432. The van der Waals surface area contributed by atoms with E-state index in [1.807, 2.05) is 0 Å². The summed E-state index contributed by atoms with van der Waals surface area (Å²) in [4.78, 5) is 11.6. The lowest BCUT2D eigenvalue weighted by atomic mass is 10.2. The normalized spacial score (nSPS) is 11.1. The summed E-state index contributed by atoms with van der Waals surface area (Å²) in [5.74, 6) is -1.54. The van der Waals surface area contributed by atoms with Gasteiger partial charge in [-0.3, -0.25) is 4.79 Å². The highest BCUT2D eigenvalue weighted by atomic mass is 35.5. The molecule has 0 aliphatic carbocycles. The third-order valence-electron chi connectivity index (χ3n) is 2.98. The maximum Gasteiger partial charge on any atom is 0.255 e. The van der Waals surface area contributed by atoms with E-state index in [0.717, 1.165) is 12.1 Å². The Balaban J connectivity index is 2.30. The van der Waals surface area contributed by atoms with E-state index in [2.05, 4.69) is 16.6 Å². The largest absolute Gasteiger partial charge is 0.322 e. The lowest BCUT2D eigenvalue weighted by Gasteiger charge is -2.09. The van der Waals surface area contributed by atoms with Crippen LogP contribution in [0.5, 0.6) is 0 Å². The van der Waals surface area contributed by atoms with Crippen LogP contribution in [-0.2, 0) is 10.0 Å². The first kappa shape index (κ1) is 18.1. The predicted molar refractivity (Wildman–Crippen MR) is 91.2 cm³/mol. The molecule has 0 spiro atoms. The van der Waals surface area contributed by atoms with Gasteiger partial charge in [0.2, 0.25) is 10.0 Å². The molecule has 0 heterocycles. The molecular formula is C16H14ClFN2O3S. The van der Waals surface area contributed by atoms with E-state index >= 15 is 0 Å². The molecule has 1 amide bonds. The number of sulfonamides is 1. The van der Waals surface area contributed by atoms with Gasteiger partial charge in [-0.15, -0.1) is 6.58 Å². The first-order valence-corrected chi connectivity index (χ1v) is 8.66. The lowest BCUT2D eigenvalue weighted by Crippen LogP contribution is -2.25. The zero-order valence-electron chi connectivity index (χ0n) is 12.4. The molecule has 0 aliphatic heterocycles. The van der Waals surface area contributed by atoms with E-state index in [0.29, 0.717) is 10.7 Å². The molecule has 24 heavy (non-hydrogen) atoms. The second-order valence-corrected chi connectivity index (χ2v) is 6.92. The van der Waals surface area contributed by atoms with E-state index in [9.17, 15) is 17.6 Å². The molecule has 2 aromatic rings. The average molecular weight is 369 g/mol. The number of halogens is 2. The van der Waals surface area contributed by atoms with E-state index < -0.39 is 26.6 Å². The number of anilines is 1. The van der Waals surface area contributed by atoms with Crippen molar-refractivity contribution in [2.45, 2.75) is 4.90 Å². The van der Waals surface area contributed by atoms with Crippen LogP contribution in [-0.4, -0.2) is 20.9 Å². The predicted octanol–water partition coefficient (Wildman–Crippen LogP) is 3.20. The van der Waals surface area contributed by atoms with Crippen LogP contribution >= 0.6 is 11.6 Å². The third-order valence-corrected chi connectivity index (χ3v) is 4.66. The SMILES string of the molecule is C=CCNS(=O)(=O)c1cc(C(=O)Nc2cccc(Cl)c2)ccc1F. The van der Waals surface area contributed by atoms with Crippen LogP contribution in [0.4, 0.5) is 10.1 Å². The van der Waals surface area contributed by atoms with Gasteiger partial charge in [-0.1, -0.05) is 23.7 Å². The fraction of sp³-hybridized carbons (Fsp3) is 0.0625. The minimum absolute atomic E-state index is 0.00430. The molecule has 0 bridgehead atoms. The van der Waals surface area contributed by atoms with Gasteiger partial charge in [0.1, 0.15) is 10.7 Å². The van der Waals surface area contributed by atoms with Crippen LogP contribution in [0.2, 0.25) is 5.02 Å². The summed E-state index contributed by atoms with van der Waals surface area (Å²) in [6.07, 6.45) is 1.32. The minimum atomic E-state index is -4.09. The van der Waals surface area contributed by atoms with Crippen molar-refractivity contribution in [1.29, 1.82) is 0 Å². The Hall–Kier alpha value is -2.22. The van der Waals surface area contributed by atoms with Crippen LogP contribution in [0.3, 0.4) is 0 Å². The Bertz CT molecular complexity index is 885. The molecule has 0 saturated carbocycles. The van der Waals surface area contributed by atoms with Gasteiger partial charge in [0.25, 0.3) is 5.91 Å². The molecule has 0 unspecified atom stereocenters. The van der Waals surface area contributed by atoms with Crippen molar-refractivity contribution in [2.75, 3.05) is 11.9 Å². The maximum atomic E-state index is 13.8. The van der Waals surface area contributed by atoms with Gasteiger partial charge in [0.15, 0.2) is 0 Å². The number of benzene rings is 2. The summed E-state index contributed by atoms with van der Waals surface area (Å²) < 4.78 is 40.1. The molecule has 5 nitrogen and oxygen atoms in total. The van der Waals surface area contributed by atoms with Crippen molar-refractivity contribution in [1.82, 2.24) is 4.72 Å². The highest BCUT2D eigenvalue weighted by molar-refractivity contribution is 7.89. The summed E-state index contributed by atoms with van der Waals surface area (Å²) in [6, 6.07) is 9.54. The molecule has 126 valence electrons. The van der Waals surface area contributed by atoms with Gasteiger partial charge < -0.3 is 5.32 Å². The highest BCUT2D eigenvalue weighted by Crippen LogP contribution is 2.19. The summed E-state index contributed by atoms with van der Waals surface area (Å²) >= 11 is 5.83. The lowest BCUT2D eigenvalue weighted by molar-refractivity contribution is 0.102. The zero-order chi connectivity index (χ0) is 17.7. The molecule has 2 aromatic carbocycles. The summed E-state index contributed by atoms with van der Waals surface area (Å²) in [7, 11) is -4.09. The Kier molecular flexibility index (Phi) is 5.71. The van der Waals surface area contributed by atoms with Crippen molar-refractivity contribution in [3.8, 4) is 0 Å². The van der Waals surface area contributed by atoms with Crippen LogP contribution < -0.4 is 10.0 Å². The Labute approximate surface area is 144 Å². The Morgan fingerprint density at radius 1 is 1.25 bits per heavy atom. The van der Waals surface area contributed by atoms with Gasteiger partial charge >= 0.3 is 0 Å². The molecule has 0 radical (unpaired) electrons. The van der Waals surface area contributed by atoms with E-state index in [4.69, 9.17) is 11.6 Å². The second kappa shape index (κ2) is 7.57. The molecule has 2 rings (SSSR count). The number of nitrogens with one attached hydrogen (secondary N) is 2. The smallest absolute Gasteiger partial charge is 0.255 e. The Morgan fingerprint density at radius 2 is 2.00 bits per heavy atom. The van der Waals surface area contributed by atoms with Gasteiger partial charge in [-0.2, -0.15) is 0 Å². The minimum Gasteiger partial charge on any atom is -0.322 e. The Morgan fingerprint density at radius 3 is 2.67 bits per heavy atom. The van der Waals surface area contributed by atoms with Gasteiger partial charge in [-0.25, -0.2) is 17.5 Å². The number of carbonyl (C=O) groups excluding carboxylic acids is 1. The van der Waals surface area contributed by atoms with E-state index in [-0.39, 0.29) is 12.1 Å². The van der Waals surface area contributed by atoms with Crippen LogP contribution in [0.15, 0.2) is 60.0 Å². The number of carbonyl (C=O) groups is 1. The number of hydrogen-bond acceptors (Lipinski definition) is 3. The molecule has 2 N–H and O–H groups in total. The van der Waals surface area contributed by atoms with Crippen LogP contribution in [0.25, 0.3) is 0 Å². The maximum absolute atomic E-state index is 13.8. The molecule has 8 heteroatoms. The average Bonchev–Trinajstić information content (AvgIpc) is 2.53. The topological polar surface area (TPSA) is 75.3 Å². The van der Waals surface area contributed by atoms with Crippen LogP contribution in [0, 0.1) is 5.82 Å². The van der Waals surface area contributed by atoms with Gasteiger partial charge in [-0.05, 0) is 36.4 Å². The zero-order valence-corrected chi connectivity index (χ0v) is 14.0. The number of amides is 1. The number of hydrogen-bond donors (Lipinski definition) is 2. The van der Waals surface area contributed by atoms with E-state index in [1.54, 1.807) is 18.2 Å². The fourth-order valence-electron chi connectivity index (χ4n) is 1.87. The third kappa shape index (κ3) is 4.41. The summed E-state index contributed by atoms with van der Waals surface area (Å²) in [6.45, 7) is 3.33. The standard InChI is InChI=1S/C16H14ClFN2O3S/c1-2-8-19-24(22,23)15-9-11(6-7-14(15)18)16(21)20-13-5-3-4-12(17)10-13/h2-7,9-10,19H,1,8H2,(H,20,21). The van der Waals surface area contributed by atoms with Crippen molar-refractivity contribution >= 4 is 33.2 Å². The quantitative estimate of drug-likeness (QED) is 0.769. The van der Waals surface area contributed by atoms with Crippen molar-refractivity contribution in [3.05, 3.63) is 71.5 Å². The van der Waals surface area contributed by atoms with Crippen LogP contribution in [0.1, 0.15) is 10.4 Å². The molecule has 0 aromatic heterocycles. The summed E-state index contributed by atoms with van der Waals surface area (Å²) in [5, 5.41) is 3.00. The number of rotatable bonds is 6. The van der Waals surface area contributed by atoms with Crippen molar-refractivity contribution < 1.29 is 17.6 Å².